The molecule has 28 heavy (non-hydrogen) atoms. The summed E-state index contributed by atoms with van der Waals surface area (Å²) in [5, 5.41) is 20.6. The minimum Gasteiger partial charge on any atom is -0.494 e. The summed E-state index contributed by atoms with van der Waals surface area (Å²) in [7, 11) is 0. The number of oxime groups is 1. The molecule has 1 aliphatic rings. The molecule has 0 aliphatic carbocycles. The lowest BCUT2D eigenvalue weighted by atomic mass is 9.94. The van der Waals surface area contributed by atoms with Crippen molar-refractivity contribution in [2.75, 3.05) is 31.2 Å². The SMILES string of the molecule is N#CCO/N=C/c1ccc(OCCC2CCN(c3ccc(Cl)nn3)CC2)cc1. The Morgan fingerprint density at radius 3 is 2.64 bits per heavy atom. The number of hydrogen-bond acceptors (Lipinski definition) is 7. The minimum absolute atomic E-state index is 0.0519. The molecule has 8 heteroatoms. The van der Waals surface area contributed by atoms with Crippen LogP contribution in [0.5, 0.6) is 5.75 Å². The fourth-order valence-corrected chi connectivity index (χ4v) is 3.19. The lowest BCUT2D eigenvalue weighted by molar-refractivity contribution is 0.180. The number of halogens is 1. The Morgan fingerprint density at radius 1 is 1.18 bits per heavy atom. The molecule has 0 spiro atoms. The molecule has 0 radical (unpaired) electrons. The van der Waals surface area contributed by atoms with E-state index < -0.39 is 0 Å². The average Bonchev–Trinajstić information content (AvgIpc) is 2.73. The van der Waals surface area contributed by atoms with Crippen LogP contribution in [-0.4, -0.2) is 42.7 Å². The van der Waals surface area contributed by atoms with Crippen molar-refractivity contribution in [2.45, 2.75) is 19.3 Å². The van der Waals surface area contributed by atoms with Gasteiger partial charge in [0.15, 0.2) is 11.0 Å². The summed E-state index contributed by atoms with van der Waals surface area (Å²) in [5.41, 5.74) is 0.892. The van der Waals surface area contributed by atoms with E-state index in [4.69, 9.17) is 26.4 Å². The Labute approximate surface area is 169 Å². The summed E-state index contributed by atoms with van der Waals surface area (Å²) in [4.78, 5) is 7.00. The van der Waals surface area contributed by atoms with Crippen LogP contribution in [0.15, 0.2) is 41.6 Å². The highest BCUT2D eigenvalue weighted by molar-refractivity contribution is 6.29. The molecule has 0 unspecified atom stereocenters. The normalized spacial score (nSPS) is 14.8. The fourth-order valence-electron chi connectivity index (χ4n) is 3.09. The maximum absolute atomic E-state index is 8.37. The highest BCUT2D eigenvalue weighted by atomic mass is 35.5. The van der Waals surface area contributed by atoms with Crippen molar-refractivity contribution in [3.05, 3.63) is 47.1 Å². The van der Waals surface area contributed by atoms with Crippen LogP contribution in [0.4, 0.5) is 5.82 Å². The zero-order valence-electron chi connectivity index (χ0n) is 15.5. The van der Waals surface area contributed by atoms with Crippen LogP contribution in [0.3, 0.4) is 0 Å². The Balaban J connectivity index is 1.36. The van der Waals surface area contributed by atoms with Crippen molar-refractivity contribution in [3.63, 3.8) is 0 Å². The molecule has 1 saturated heterocycles. The van der Waals surface area contributed by atoms with Gasteiger partial charge in [0.05, 0.1) is 12.8 Å². The molecule has 0 amide bonds. The molecule has 1 fully saturated rings. The standard InChI is InChI=1S/C20H22ClN5O2/c21-19-5-6-20(25-24-19)26-11-7-16(8-12-26)9-13-27-18-3-1-17(2-4-18)15-23-28-14-10-22/h1-6,15-16H,7-9,11-14H2/b23-15+. The Hall–Kier alpha value is -2.85. The van der Waals surface area contributed by atoms with Crippen LogP contribution < -0.4 is 9.64 Å². The number of hydrogen-bond donors (Lipinski definition) is 0. The van der Waals surface area contributed by atoms with Gasteiger partial charge in [-0.3, -0.25) is 0 Å². The number of nitriles is 1. The van der Waals surface area contributed by atoms with E-state index in [2.05, 4.69) is 20.3 Å². The Kier molecular flexibility index (Phi) is 7.44. The Bertz CT molecular complexity index is 797. The number of benzene rings is 1. The summed E-state index contributed by atoms with van der Waals surface area (Å²) in [5.74, 6) is 2.38. The molecule has 7 nitrogen and oxygen atoms in total. The Morgan fingerprint density at radius 2 is 1.96 bits per heavy atom. The van der Waals surface area contributed by atoms with Crippen LogP contribution in [0, 0.1) is 17.2 Å². The quantitative estimate of drug-likeness (QED) is 0.382. The average molecular weight is 400 g/mol. The van der Waals surface area contributed by atoms with Crippen molar-refractivity contribution in [1.82, 2.24) is 10.2 Å². The second-order valence-electron chi connectivity index (χ2n) is 6.52. The second-order valence-corrected chi connectivity index (χ2v) is 6.90. The van der Waals surface area contributed by atoms with E-state index in [0.29, 0.717) is 17.7 Å². The third-order valence-electron chi connectivity index (χ3n) is 4.64. The molecule has 1 aliphatic heterocycles. The molecule has 2 aromatic rings. The zero-order valence-corrected chi connectivity index (χ0v) is 16.3. The third-order valence-corrected chi connectivity index (χ3v) is 4.84. The van der Waals surface area contributed by atoms with Crippen molar-refractivity contribution in [1.29, 1.82) is 5.26 Å². The molecule has 2 heterocycles. The molecule has 3 rings (SSSR count). The molecule has 0 saturated carbocycles. The van der Waals surface area contributed by atoms with Crippen molar-refractivity contribution >= 4 is 23.6 Å². The van der Waals surface area contributed by atoms with Crippen LogP contribution in [0.2, 0.25) is 5.15 Å². The van der Waals surface area contributed by atoms with E-state index in [-0.39, 0.29) is 6.61 Å². The maximum Gasteiger partial charge on any atom is 0.202 e. The van der Waals surface area contributed by atoms with Gasteiger partial charge in [-0.1, -0.05) is 16.8 Å². The van der Waals surface area contributed by atoms with Crippen molar-refractivity contribution < 1.29 is 9.57 Å². The van der Waals surface area contributed by atoms with Crippen LogP contribution in [0.25, 0.3) is 0 Å². The summed E-state index contributed by atoms with van der Waals surface area (Å²) in [6.45, 7) is 2.60. The summed E-state index contributed by atoms with van der Waals surface area (Å²) in [6.07, 6.45) is 4.84. The second kappa shape index (κ2) is 10.5. The molecule has 0 bridgehead atoms. The smallest absolute Gasteiger partial charge is 0.202 e. The van der Waals surface area contributed by atoms with E-state index in [9.17, 15) is 0 Å². The largest absolute Gasteiger partial charge is 0.494 e. The van der Waals surface area contributed by atoms with Gasteiger partial charge >= 0.3 is 0 Å². The van der Waals surface area contributed by atoms with E-state index in [1.165, 1.54) is 0 Å². The van der Waals surface area contributed by atoms with Crippen LogP contribution in [-0.2, 0) is 4.84 Å². The highest BCUT2D eigenvalue weighted by Gasteiger charge is 2.20. The van der Waals surface area contributed by atoms with Gasteiger partial charge in [-0.05, 0) is 67.1 Å². The van der Waals surface area contributed by atoms with Gasteiger partial charge in [0, 0.05) is 13.1 Å². The molecular weight excluding hydrogens is 378 g/mol. The topological polar surface area (TPSA) is 83.6 Å². The van der Waals surface area contributed by atoms with Gasteiger partial charge in [-0.25, -0.2) is 0 Å². The van der Waals surface area contributed by atoms with Crippen LogP contribution in [0.1, 0.15) is 24.8 Å². The number of aromatic nitrogens is 2. The number of ether oxygens (including phenoxy) is 1. The molecular formula is C20H22ClN5O2. The molecule has 0 N–H and O–H groups in total. The van der Waals surface area contributed by atoms with Crippen LogP contribution >= 0.6 is 11.6 Å². The first-order valence-electron chi connectivity index (χ1n) is 9.24. The van der Waals surface area contributed by atoms with E-state index >= 15 is 0 Å². The number of rotatable bonds is 8. The van der Waals surface area contributed by atoms with E-state index in [1.807, 2.05) is 36.4 Å². The van der Waals surface area contributed by atoms with Gasteiger partial charge in [-0.2, -0.15) is 5.26 Å². The molecule has 0 atom stereocenters. The third kappa shape index (κ3) is 6.10. The van der Waals surface area contributed by atoms with Gasteiger partial charge in [0.1, 0.15) is 11.8 Å². The van der Waals surface area contributed by atoms with Crippen molar-refractivity contribution in [3.8, 4) is 11.8 Å². The first-order chi connectivity index (χ1) is 13.7. The maximum atomic E-state index is 8.37. The fraction of sp³-hybridized carbons (Fsp3) is 0.400. The predicted molar refractivity (Wildman–Crippen MR) is 108 cm³/mol. The summed E-state index contributed by atoms with van der Waals surface area (Å²) >= 11 is 5.80. The lowest BCUT2D eigenvalue weighted by Gasteiger charge is -2.32. The monoisotopic (exact) mass is 399 g/mol. The minimum atomic E-state index is -0.0519. The first kappa shape index (κ1) is 19.9. The number of nitrogens with zero attached hydrogens (tertiary/aromatic N) is 5. The first-order valence-corrected chi connectivity index (χ1v) is 9.62. The number of anilines is 1. The van der Waals surface area contributed by atoms with Gasteiger partial charge in [-0.15, -0.1) is 10.2 Å². The highest BCUT2D eigenvalue weighted by Crippen LogP contribution is 2.24. The molecule has 146 valence electrons. The summed E-state index contributed by atoms with van der Waals surface area (Å²) in [6, 6.07) is 13.2. The lowest BCUT2D eigenvalue weighted by Crippen LogP contribution is -2.34. The zero-order chi connectivity index (χ0) is 19.6. The molecule has 1 aromatic heterocycles. The van der Waals surface area contributed by atoms with Crippen molar-refractivity contribution in [2.24, 2.45) is 11.1 Å². The summed E-state index contributed by atoms with van der Waals surface area (Å²) < 4.78 is 5.86. The number of piperidine rings is 1. The van der Waals surface area contributed by atoms with Gasteiger partial charge in [0.2, 0.25) is 6.61 Å². The van der Waals surface area contributed by atoms with E-state index in [1.54, 1.807) is 12.3 Å². The van der Waals surface area contributed by atoms with Gasteiger partial charge < -0.3 is 14.5 Å². The van der Waals surface area contributed by atoms with Gasteiger partial charge in [0.25, 0.3) is 0 Å². The molecule has 1 aromatic carbocycles. The van der Waals surface area contributed by atoms with E-state index in [0.717, 1.165) is 49.5 Å². The predicted octanol–water partition coefficient (Wildman–Crippen LogP) is 3.69.